The monoisotopic (exact) mass is 267 g/mol. The van der Waals surface area contributed by atoms with Gasteiger partial charge in [-0.3, -0.25) is 14.6 Å². The third-order valence-corrected chi connectivity index (χ3v) is 3.01. The van der Waals surface area contributed by atoms with Crippen LogP contribution in [0, 0.1) is 0 Å². The Bertz CT molecular complexity index is 712. The number of nitrogens with one attached hydrogen (secondary N) is 2. The average molecular weight is 267 g/mol. The lowest BCUT2D eigenvalue weighted by Gasteiger charge is -2.06. The van der Waals surface area contributed by atoms with E-state index in [1.165, 1.54) is 4.68 Å². The second-order valence-corrected chi connectivity index (χ2v) is 4.34. The van der Waals surface area contributed by atoms with E-state index in [0.717, 1.165) is 16.9 Å². The number of carbonyl (C=O) groups is 1. The van der Waals surface area contributed by atoms with Gasteiger partial charge in [-0.15, -0.1) is 0 Å². The van der Waals surface area contributed by atoms with Gasteiger partial charge in [0.15, 0.2) is 0 Å². The van der Waals surface area contributed by atoms with Crippen LogP contribution in [0.2, 0.25) is 0 Å². The van der Waals surface area contributed by atoms with Crippen LogP contribution in [0.4, 0.5) is 5.69 Å². The number of benzene rings is 1. The molecular formula is C14H13N5O. The van der Waals surface area contributed by atoms with Crippen molar-refractivity contribution in [2.75, 3.05) is 5.32 Å². The maximum Gasteiger partial charge on any atom is 0.273 e. The minimum atomic E-state index is -0.181. The molecule has 0 unspecified atom stereocenters. The van der Waals surface area contributed by atoms with E-state index in [2.05, 4.69) is 20.6 Å². The quantitative estimate of drug-likeness (QED) is 0.762. The molecule has 3 rings (SSSR count). The van der Waals surface area contributed by atoms with Crippen LogP contribution in [0.1, 0.15) is 10.5 Å². The van der Waals surface area contributed by atoms with Crippen LogP contribution < -0.4 is 5.32 Å². The molecule has 0 radical (unpaired) electrons. The van der Waals surface area contributed by atoms with Crippen LogP contribution in [0.3, 0.4) is 0 Å². The first-order valence-electron chi connectivity index (χ1n) is 6.13. The molecule has 2 aromatic heterocycles. The number of hydrogen-bond acceptors (Lipinski definition) is 3. The Kier molecular flexibility index (Phi) is 3.04. The molecule has 6 heteroatoms. The summed E-state index contributed by atoms with van der Waals surface area (Å²) in [6.45, 7) is 0. The molecule has 0 saturated heterocycles. The first kappa shape index (κ1) is 12.2. The van der Waals surface area contributed by atoms with Crippen molar-refractivity contribution in [1.82, 2.24) is 20.0 Å². The summed E-state index contributed by atoms with van der Waals surface area (Å²) in [5, 5.41) is 13.6. The summed E-state index contributed by atoms with van der Waals surface area (Å²) in [7, 11) is 1.73. The first-order valence-corrected chi connectivity index (χ1v) is 6.13. The number of hydrogen-bond donors (Lipinski definition) is 2. The van der Waals surface area contributed by atoms with Gasteiger partial charge in [0.2, 0.25) is 0 Å². The summed E-state index contributed by atoms with van der Waals surface area (Å²) in [6.07, 6.45) is 3.30. The van der Waals surface area contributed by atoms with Crippen molar-refractivity contribution < 1.29 is 4.79 Å². The molecule has 100 valence electrons. The molecule has 0 aliphatic rings. The number of H-pyrrole nitrogens is 1. The van der Waals surface area contributed by atoms with Crippen molar-refractivity contribution in [3.63, 3.8) is 0 Å². The predicted molar refractivity (Wildman–Crippen MR) is 75.2 cm³/mol. The van der Waals surface area contributed by atoms with Gasteiger partial charge in [-0.05, 0) is 29.8 Å². The highest BCUT2D eigenvalue weighted by molar-refractivity contribution is 6.03. The largest absolute Gasteiger partial charge is 0.321 e. The Morgan fingerprint density at radius 1 is 1.15 bits per heavy atom. The summed E-state index contributed by atoms with van der Waals surface area (Å²) >= 11 is 0. The number of carbonyl (C=O) groups excluding carboxylic acids is 1. The lowest BCUT2D eigenvalue weighted by Crippen LogP contribution is -2.15. The molecule has 0 bridgehead atoms. The van der Waals surface area contributed by atoms with Crippen LogP contribution in [-0.4, -0.2) is 25.9 Å². The Labute approximate surface area is 115 Å². The molecule has 20 heavy (non-hydrogen) atoms. The molecule has 1 aromatic carbocycles. The molecule has 0 aliphatic heterocycles. The van der Waals surface area contributed by atoms with Crippen LogP contribution in [0.25, 0.3) is 11.3 Å². The molecule has 0 atom stereocenters. The van der Waals surface area contributed by atoms with E-state index in [4.69, 9.17) is 0 Å². The lowest BCUT2D eigenvalue weighted by atomic mass is 10.1. The number of rotatable bonds is 3. The van der Waals surface area contributed by atoms with E-state index in [-0.39, 0.29) is 5.91 Å². The van der Waals surface area contributed by atoms with Crippen molar-refractivity contribution in [3.05, 3.63) is 54.5 Å². The number of nitrogens with zero attached hydrogens (tertiary/aromatic N) is 3. The molecule has 2 heterocycles. The number of aromatic amines is 1. The van der Waals surface area contributed by atoms with E-state index in [9.17, 15) is 4.79 Å². The maximum absolute atomic E-state index is 12.0. The summed E-state index contributed by atoms with van der Waals surface area (Å²) < 4.78 is 1.54. The maximum atomic E-state index is 12.0. The zero-order valence-electron chi connectivity index (χ0n) is 10.9. The summed E-state index contributed by atoms with van der Waals surface area (Å²) in [6, 6.07) is 11.1. The summed E-state index contributed by atoms with van der Waals surface area (Å²) in [5.41, 5.74) is 3.21. The van der Waals surface area contributed by atoms with Crippen molar-refractivity contribution in [3.8, 4) is 11.3 Å². The number of aryl methyl sites for hydroxylation is 1. The van der Waals surface area contributed by atoms with Gasteiger partial charge < -0.3 is 5.32 Å². The average Bonchev–Trinajstić information content (AvgIpc) is 3.10. The minimum absolute atomic E-state index is 0.181. The van der Waals surface area contributed by atoms with Crippen molar-refractivity contribution in [2.24, 2.45) is 7.05 Å². The molecule has 3 aromatic rings. The summed E-state index contributed by atoms with van der Waals surface area (Å²) in [4.78, 5) is 12.0. The van der Waals surface area contributed by atoms with Crippen molar-refractivity contribution >= 4 is 11.6 Å². The van der Waals surface area contributed by atoms with E-state index < -0.39 is 0 Å². The van der Waals surface area contributed by atoms with E-state index in [1.54, 1.807) is 25.5 Å². The second-order valence-electron chi connectivity index (χ2n) is 4.34. The number of aromatic nitrogens is 4. The van der Waals surface area contributed by atoms with Crippen molar-refractivity contribution in [2.45, 2.75) is 0 Å². The van der Waals surface area contributed by atoms with Crippen LogP contribution in [0.15, 0.2) is 48.8 Å². The highest BCUT2D eigenvalue weighted by Crippen LogP contribution is 2.19. The smallest absolute Gasteiger partial charge is 0.273 e. The fraction of sp³-hybridized carbons (Fsp3) is 0.0714. The normalized spacial score (nSPS) is 10.4. The first-order chi connectivity index (χ1) is 9.74. The molecule has 2 N–H and O–H groups in total. The molecule has 0 spiro atoms. The fourth-order valence-corrected chi connectivity index (χ4v) is 1.94. The van der Waals surface area contributed by atoms with E-state index in [0.29, 0.717) is 5.69 Å². The number of amides is 1. The predicted octanol–water partition coefficient (Wildman–Crippen LogP) is 2.06. The Hall–Kier alpha value is -2.89. The molecule has 0 saturated carbocycles. The van der Waals surface area contributed by atoms with Crippen LogP contribution in [-0.2, 0) is 7.05 Å². The van der Waals surface area contributed by atoms with Gasteiger partial charge in [0.25, 0.3) is 5.91 Å². The third-order valence-electron chi connectivity index (χ3n) is 3.01. The highest BCUT2D eigenvalue weighted by Gasteiger charge is 2.09. The molecular weight excluding hydrogens is 254 g/mol. The molecule has 0 aliphatic carbocycles. The van der Waals surface area contributed by atoms with Gasteiger partial charge in [0.1, 0.15) is 5.69 Å². The van der Waals surface area contributed by atoms with E-state index >= 15 is 0 Å². The fourth-order valence-electron chi connectivity index (χ4n) is 1.94. The molecule has 0 fully saturated rings. The van der Waals surface area contributed by atoms with Gasteiger partial charge in [-0.2, -0.15) is 10.2 Å². The Balaban J connectivity index is 1.76. The molecule has 1 amide bonds. The number of anilines is 1. The van der Waals surface area contributed by atoms with Crippen LogP contribution in [0.5, 0.6) is 0 Å². The molecule has 6 nitrogen and oxygen atoms in total. The zero-order valence-corrected chi connectivity index (χ0v) is 10.9. The van der Waals surface area contributed by atoms with Gasteiger partial charge in [0, 0.05) is 25.1 Å². The zero-order chi connectivity index (χ0) is 13.9. The highest BCUT2D eigenvalue weighted by atomic mass is 16.2. The minimum Gasteiger partial charge on any atom is -0.321 e. The topological polar surface area (TPSA) is 75.6 Å². The standard InChI is InChI=1S/C14H13N5O/c1-19-13(7-9-16-19)14(20)17-11-4-2-10(3-5-11)12-6-8-15-18-12/h2-9H,1H3,(H,15,18)(H,17,20). The van der Waals surface area contributed by atoms with Gasteiger partial charge in [-0.25, -0.2) is 0 Å². The summed E-state index contributed by atoms with van der Waals surface area (Å²) in [5.74, 6) is -0.181. The Morgan fingerprint density at radius 3 is 2.55 bits per heavy atom. The SMILES string of the molecule is Cn1nccc1C(=O)Nc1ccc(-c2ccn[nH]2)cc1. The van der Waals surface area contributed by atoms with Gasteiger partial charge in [0.05, 0.1) is 5.69 Å². The Morgan fingerprint density at radius 2 is 1.95 bits per heavy atom. The van der Waals surface area contributed by atoms with Gasteiger partial charge >= 0.3 is 0 Å². The van der Waals surface area contributed by atoms with Crippen LogP contribution >= 0.6 is 0 Å². The van der Waals surface area contributed by atoms with Crippen molar-refractivity contribution in [1.29, 1.82) is 0 Å². The second kappa shape index (κ2) is 5.00. The van der Waals surface area contributed by atoms with E-state index in [1.807, 2.05) is 30.3 Å². The van der Waals surface area contributed by atoms with Gasteiger partial charge in [-0.1, -0.05) is 12.1 Å². The lowest BCUT2D eigenvalue weighted by molar-refractivity contribution is 0.101. The third kappa shape index (κ3) is 2.31.